The van der Waals surface area contributed by atoms with Gasteiger partial charge in [0.05, 0.1) is 17.8 Å². The monoisotopic (exact) mass is 484 g/mol. The quantitative estimate of drug-likeness (QED) is 0.280. The molecule has 1 aromatic heterocycles. The molecular formula is C27H21ClN4O3. The summed E-state index contributed by atoms with van der Waals surface area (Å²) in [5.74, 6) is -0.608. The number of amides is 2. The van der Waals surface area contributed by atoms with E-state index in [1.165, 1.54) is 13.2 Å². The van der Waals surface area contributed by atoms with Crippen LogP contribution in [0, 0.1) is 11.3 Å². The second-order valence-electron chi connectivity index (χ2n) is 7.74. The van der Waals surface area contributed by atoms with Crippen LogP contribution in [-0.4, -0.2) is 40.1 Å². The summed E-state index contributed by atoms with van der Waals surface area (Å²) in [6, 6.07) is 16.7. The van der Waals surface area contributed by atoms with Gasteiger partial charge in [-0.3, -0.25) is 14.5 Å². The van der Waals surface area contributed by atoms with E-state index in [1.54, 1.807) is 36.0 Å². The van der Waals surface area contributed by atoms with Gasteiger partial charge in [0.15, 0.2) is 0 Å². The molecule has 0 atom stereocenters. The summed E-state index contributed by atoms with van der Waals surface area (Å²) in [5, 5.41) is 14.8. The summed E-state index contributed by atoms with van der Waals surface area (Å²) >= 11 is 6.38. The van der Waals surface area contributed by atoms with E-state index in [0.717, 1.165) is 10.6 Å². The molecule has 0 saturated carbocycles. The van der Waals surface area contributed by atoms with Crippen LogP contribution in [0.15, 0.2) is 84.1 Å². The summed E-state index contributed by atoms with van der Waals surface area (Å²) in [6.07, 6.45) is 4.88. The Bertz CT molecular complexity index is 1440. The molecule has 4 rings (SSSR count). The number of aromatic nitrogens is 2. The minimum Gasteiger partial charge on any atom is -0.495 e. The molecule has 0 spiro atoms. The van der Waals surface area contributed by atoms with E-state index in [1.807, 2.05) is 42.5 Å². The van der Waals surface area contributed by atoms with Crippen molar-refractivity contribution in [3.05, 3.63) is 94.7 Å². The number of carbonyl (C=O) groups is 2. The van der Waals surface area contributed by atoms with Crippen molar-refractivity contribution in [1.29, 1.82) is 5.26 Å². The van der Waals surface area contributed by atoms with Gasteiger partial charge in [-0.2, -0.15) is 10.4 Å². The molecule has 2 amide bonds. The molecule has 0 saturated heterocycles. The number of halogens is 1. The summed E-state index contributed by atoms with van der Waals surface area (Å²) in [5.41, 5.74) is 3.18. The molecule has 0 unspecified atom stereocenters. The Balaban J connectivity index is 1.94. The number of methoxy groups -OCH3 is 1. The van der Waals surface area contributed by atoms with Crippen LogP contribution >= 0.6 is 11.6 Å². The van der Waals surface area contributed by atoms with E-state index < -0.39 is 11.8 Å². The number of carbonyl (C=O) groups excluding carboxylic acids is 2. The third kappa shape index (κ3) is 4.39. The molecule has 1 aliphatic rings. The van der Waals surface area contributed by atoms with Crippen LogP contribution in [0.25, 0.3) is 23.0 Å². The Kier molecular flexibility index (Phi) is 6.67. The zero-order chi connectivity index (χ0) is 25.1. The highest BCUT2D eigenvalue weighted by molar-refractivity contribution is 6.32. The normalized spacial score (nSPS) is 14.9. The first kappa shape index (κ1) is 23.7. The summed E-state index contributed by atoms with van der Waals surface area (Å²) in [6.45, 7) is 5.21. The third-order valence-corrected chi connectivity index (χ3v) is 5.92. The largest absolute Gasteiger partial charge is 0.495 e. The van der Waals surface area contributed by atoms with Gasteiger partial charge in [0, 0.05) is 29.4 Å². The molecule has 3 aromatic rings. The predicted molar refractivity (Wildman–Crippen MR) is 134 cm³/mol. The van der Waals surface area contributed by atoms with E-state index in [9.17, 15) is 14.9 Å². The molecule has 2 heterocycles. The lowest BCUT2D eigenvalue weighted by Gasteiger charge is -2.26. The molecule has 2 aromatic carbocycles. The molecule has 174 valence electrons. The van der Waals surface area contributed by atoms with E-state index >= 15 is 0 Å². The topological polar surface area (TPSA) is 88.2 Å². The van der Waals surface area contributed by atoms with E-state index in [2.05, 4.69) is 6.58 Å². The van der Waals surface area contributed by atoms with Crippen molar-refractivity contribution in [2.45, 2.75) is 6.92 Å². The molecule has 0 fully saturated rings. The highest BCUT2D eigenvalue weighted by atomic mass is 35.5. The lowest BCUT2D eigenvalue weighted by atomic mass is 9.93. The summed E-state index contributed by atoms with van der Waals surface area (Å²) in [7, 11) is 1.54. The average molecular weight is 485 g/mol. The van der Waals surface area contributed by atoms with Crippen molar-refractivity contribution in [2.24, 2.45) is 0 Å². The Morgan fingerprint density at radius 1 is 1.17 bits per heavy atom. The maximum absolute atomic E-state index is 13.2. The molecule has 0 bridgehead atoms. The van der Waals surface area contributed by atoms with Gasteiger partial charge in [-0.05, 0) is 48.9 Å². The smallest absolute Gasteiger partial charge is 0.271 e. The molecule has 0 aliphatic carbocycles. The number of nitrogens with zero attached hydrogens (tertiary/aromatic N) is 4. The molecule has 8 heteroatoms. The number of rotatable bonds is 6. The Morgan fingerprint density at radius 3 is 2.54 bits per heavy atom. The number of para-hydroxylation sites is 1. The van der Waals surface area contributed by atoms with E-state index in [-0.39, 0.29) is 17.7 Å². The van der Waals surface area contributed by atoms with E-state index in [0.29, 0.717) is 33.2 Å². The van der Waals surface area contributed by atoms with Gasteiger partial charge in [0.25, 0.3) is 11.8 Å². The zero-order valence-electron chi connectivity index (χ0n) is 19.2. The predicted octanol–water partition coefficient (Wildman–Crippen LogP) is 4.98. The van der Waals surface area contributed by atoms with Crippen molar-refractivity contribution in [3.8, 4) is 28.8 Å². The van der Waals surface area contributed by atoms with Gasteiger partial charge >= 0.3 is 0 Å². The van der Waals surface area contributed by atoms with Gasteiger partial charge in [-0.25, -0.2) is 4.68 Å². The highest BCUT2D eigenvalue weighted by Crippen LogP contribution is 2.34. The van der Waals surface area contributed by atoms with Crippen LogP contribution < -0.4 is 4.74 Å². The minimum absolute atomic E-state index is 0.00229. The van der Waals surface area contributed by atoms with Crippen molar-refractivity contribution >= 4 is 29.5 Å². The van der Waals surface area contributed by atoms with Crippen LogP contribution in [0.5, 0.6) is 5.75 Å². The van der Waals surface area contributed by atoms with Crippen molar-refractivity contribution < 1.29 is 14.3 Å². The maximum atomic E-state index is 13.2. The fourth-order valence-electron chi connectivity index (χ4n) is 3.82. The number of nitriles is 1. The lowest BCUT2D eigenvalue weighted by Crippen LogP contribution is -2.42. The zero-order valence-corrected chi connectivity index (χ0v) is 19.9. The minimum atomic E-state index is -0.630. The average Bonchev–Trinajstić information content (AvgIpc) is 3.29. The van der Waals surface area contributed by atoms with Gasteiger partial charge < -0.3 is 4.74 Å². The maximum Gasteiger partial charge on any atom is 0.271 e. The lowest BCUT2D eigenvalue weighted by molar-refractivity contribution is -0.139. The first-order chi connectivity index (χ1) is 16.9. The molecule has 7 nitrogen and oxygen atoms in total. The van der Waals surface area contributed by atoms with E-state index in [4.69, 9.17) is 21.4 Å². The van der Waals surface area contributed by atoms with Crippen molar-refractivity contribution in [2.75, 3.05) is 13.7 Å². The standard InChI is InChI=1S/C27H21ClN4O3/c1-4-12-31-26(33)21(17(2)22(15-29)27(31)34)13-19-16-32(20-8-6-5-7-9-20)30-25(19)18-10-11-24(35-3)23(28)14-18/h4-11,13-14,16H,1,12H2,2-3H3/b21-13+. The van der Waals surface area contributed by atoms with Gasteiger partial charge in [-0.15, -0.1) is 6.58 Å². The van der Waals surface area contributed by atoms with Crippen LogP contribution in [-0.2, 0) is 9.59 Å². The molecule has 0 N–H and O–H groups in total. The second kappa shape index (κ2) is 9.84. The van der Waals surface area contributed by atoms with Crippen LogP contribution in [0.3, 0.4) is 0 Å². The number of benzene rings is 2. The summed E-state index contributed by atoms with van der Waals surface area (Å²) in [4.78, 5) is 26.9. The number of ether oxygens (including phenoxy) is 1. The second-order valence-corrected chi connectivity index (χ2v) is 8.15. The molecule has 35 heavy (non-hydrogen) atoms. The van der Waals surface area contributed by atoms with Crippen LogP contribution in [0.1, 0.15) is 12.5 Å². The number of imide groups is 1. The molecular weight excluding hydrogens is 464 g/mol. The van der Waals surface area contributed by atoms with Gasteiger partial charge in [0.1, 0.15) is 23.1 Å². The first-order valence-electron chi connectivity index (χ1n) is 10.7. The fourth-order valence-corrected chi connectivity index (χ4v) is 4.08. The molecule has 0 radical (unpaired) electrons. The summed E-state index contributed by atoms with van der Waals surface area (Å²) < 4.78 is 6.96. The third-order valence-electron chi connectivity index (χ3n) is 5.63. The van der Waals surface area contributed by atoms with Gasteiger partial charge in [0.2, 0.25) is 0 Å². The van der Waals surface area contributed by atoms with Gasteiger partial charge in [-0.1, -0.05) is 35.9 Å². The van der Waals surface area contributed by atoms with Crippen molar-refractivity contribution in [3.63, 3.8) is 0 Å². The fraction of sp³-hybridized carbons (Fsp3) is 0.111. The highest BCUT2D eigenvalue weighted by Gasteiger charge is 2.35. The number of hydrogen-bond donors (Lipinski definition) is 0. The number of hydrogen-bond acceptors (Lipinski definition) is 5. The van der Waals surface area contributed by atoms with Crippen LogP contribution in [0.4, 0.5) is 0 Å². The SMILES string of the molecule is C=CCN1C(=O)C(C#N)=C(C)/C(=C\c2cn(-c3ccccc3)nc2-c2ccc(OC)c(Cl)c2)C1=O. The Morgan fingerprint density at radius 2 is 1.91 bits per heavy atom. The Labute approximate surface area is 207 Å². The first-order valence-corrected chi connectivity index (χ1v) is 11.1. The van der Waals surface area contributed by atoms with Crippen molar-refractivity contribution in [1.82, 2.24) is 14.7 Å². The van der Waals surface area contributed by atoms with Crippen LogP contribution in [0.2, 0.25) is 5.02 Å². The molecule has 1 aliphatic heterocycles. The Hall–Kier alpha value is -4.41.